The van der Waals surface area contributed by atoms with Crippen LogP contribution < -0.4 is 0 Å². The van der Waals surface area contributed by atoms with Crippen LogP contribution in [-0.4, -0.2) is 22.1 Å². The van der Waals surface area contributed by atoms with E-state index in [1.54, 1.807) is 0 Å². The lowest BCUT2D eigenvalue weighted by Gasteiger charge is -2.01. The van der Waals surface area contributed by atoms with E-state index < -0.39 is 22.1 Å². The highest BCUT2D eigenvalue weighted by Gasteiger charge is 2.07. The Kier molecular flexibility index (Phi) is 10.3. The number of nitrogens with zero attached hydrogens (tertiary/aromatic N) is 2. The number of unbranched alkanes of at least 4 members (excludes halogenated alkanes) is 6. The molecule has 0 atom stereocenters. The van der Waals surface area contributed by atoms with Gasteiger partial charge in [-0.05, 0) is 12.8 Å². The fraction of sp³-hybridized carbons (Fsp3) is 0.818. The molecule has 0 spiro atoms. The first kappa shape index (κ1) is 18.7. The standard InChI is InChI=1S/C11H18N2O8/c14-10(20-12(16)17)8-6-4-2-1-3-5-7-9-11(15)21-13(18)19/h1-9H2. The van der Waals surface area contributed by atoms with Crippen LogP contribution in [-0.2, 0) is 19.3 Å². The Labute approximate surface area is 120 Å². The molecule has 0 amide bonds. The Hall–Kier alpha value is -2.26. The number of carbonyl (C=O) groups is 2. The Morgan fingerprint density at radius 3 is 1.24 bits per heavy atom. The van der Waals surface area contributed by atoms with E-state index >= 15 is 0 Å². The molecule has 0 aliphatic heterocycles. The molecule has 10 heteroatoms. The fourth-order valence-electron chi connectivity index (χ4n) is 1.68. The Balaban J connectivity index is 3.30. The molecule has 0 saturated carbocycles. The molecule has 0 aromatic rings. The van der Waals surface area contributed by atoms with Crippen LogP contribution in [0.25, 0.3) is 0 Å². The van der Waals surface area contributed by atoms with Crippen LogP contribution in [0.5, 0.6) is 0 Å². The Morgan fingerprint density at radius 2 is 0.952 bits per heavy atom. The van der Waals surface area contributed by atoms with Gasteiger partial charge in [-0.15, -0.1) is 20.2 Å². The summed E-state index contributed by atoms with van der Waals surface area (Å²) in [5.74, 6) is -1.69. The van der Waals surface area contributed by atoms with E-state index in [1.165, 1.54) is 0 Å². The summed E-state index contributed by atoms with van der Waals surface area (Å²) in [4.78, 5) is 48.8. The molecule has 0 rings (SSSR count). The predicted octanol–water partition coefficient (Wildman–Crippen LogP) is 1.97. The van der Waals surface area contributed by atoms with Gasteiger partial charge in [0.15, 0.2) is 0 Å². The van der Waals surface area contributed by atoms with Gasteiger partial charge in [0.1, 0.15) is 0 Å². The molecule has 0 bridgehead atoms. The summed E-state index contributed by atoms with van der Waals surface area (Å²) in [6.07, 6.45) is 5.25. The van der Waals surface area contributed by atoms with Crippen LogP contribution in [0, 0.1) is 20.2 Å². The van der Waals surface area contributed by atoms with Crippen molar-refractivity contribution >= 4 is 11.9 Å². The second kappa shape index (κ2) is 11.6. The molecule has 120 valence electrons. The average molecular weight is 306 g/mol. The minimum atomic E-state index is -1.12. The predicted molar refractivity (Wildman–Crippen MR) is 67.7 cm³/mol. The van der Waals surface area contributed by atoms with Crippen LogP contribution in [0.2, 0.25) is 0 Å². The number of rotatable bonds is 12. The van der Waals surface area contributed by atoms with Crippen molar-refractivity contribution in [2.45, 2.75) is 57.8 Å². The van der Waals surface area contributed by atoms with Gasteiger partial charge < -0.3 is 0 Å². The van der Waals surface area contributed by atoms with E-state index in [0.29, 0.717) is 12.8 Å². The molecule has 0 radical (unpaired) electrons. The van der Waals surface area contributed by atoms with Gasteiger partial charge in [-0.2, -0.15) is 0 Å². The molecule has 0 heterocycles. The van der Waals surface area contributed by atoms with E-state index in [9.17, 15) is 29.8 Å². The third kappa shape index (κ3) is 14.0. The monoisotopic (exact) mass is 306 g/mol. The molecule has 0 N–H and O–H groups in total. The third-order valence-electron chi connectivity index (χ3n) is 2.61. The quantitative estimate of drug-likeness (QED) is 0.303. The van der Waals surface area contributed by atoms with Crippen molar-refractivity contribution in [2.75, 3.05) is 0 Å². The first-order valence-electron chi connectivity index (χ1n) is 6.62. The summed E-state index contributed by atoms with van der Waals surface area (Å²) in [5, 5.41) is 17.5. The topological polar surface area (TPSA) is 139 Å². The van der Waals surface area contributed by atoms with E-state index in [-0.39, 0.29) is 12.8 Å². The molecule has 0 unspecified atom stereocenters. The van der Waals surface area contributed by atoms with Crippen LogP contribution in [0.4, 0.5) is 0 Å². The normalized spacial score (nSPS) is 9.90. The van der Waals surface area contributed by atoms with Gasteiger partial charge in [-0.3, -0.25) is 9.59 Å². The summed E-state index contributed by atoms with van der Waals surface area (Å²) < 4.78 is 0. The summed E-state index contributed by atoms with van der Waals surface area (Å²) in [7, 11) is 0. The van der Waals surface area contributed by atoms with Gasteiger partial charge in [0, 0.05) is 12.8 Å². The minimum absolute atomic E-state index is 0.0215. The zero-order valence-corrected chi connectivity index (χ0v) is 11.5. The van der Waals surface area contributed by atoms with E-state index in [1.807, 2.05) is 0 Å². The maximum atomic E-state index is 10.8. The first-order valence-corrected chi connectivity index (χ1v) is 6.62. The van der Waals surface area contributed by atoms with Gasteiger partial charge >= 0.3 is 22.1 Å². The average Bonchev–Trinajstić information content (AvgIpc) is 2.34. The number of hydrogen-bond donors (Lipinski definition) is 0. The molecular formula is C11H18N2O8. The Bertz CT molecular complexity index is 337. The number of hydrogen-bond acceptors (Lipinski definition) is 8. The maximum absolute atomic E-state index is 10.8. The molecule has 10 nitrogen and oxygen atoms in total. The largest absolute Gasteiger partial charge is 0.303 e. The molecule has 0 aliphatic rings. The summed E-state index contributed by atoms with van der Waals surface area (Å²) in [6, 6.07) is 0. The molecule has 0 saturated heterocycles. The van der Waals surface area contributed by atoms with Crippen LogP contribution >= 0.6 is 0 Å². The summed E-state index contributed by atoms with van der Waals surface area (Å²) >= 11 is 0. The SMILES string of the molecule is O=C(CCCCCCCCCC(=O)O[N+](=O)[O-])O[N+](=O)[O-]. The highest BCUT2D eigenvalue weighted by Crippen LogP contribution is 2.10. The first-order chi connectivity index (χ1) is 9.91. The van der Waals surface area contributed by atoms with Crippen molar-refractivity contribution in [1.29, 1.82) is 0 Å². The molecule has 0 aromatic carbocycles. The van der Waals surface area contributed by atoms with Crippen LogP contribution in [0.1, 0.15) is 57.8 Å². The van der Waals surface area contributed by atoms with E-state index in [4.69, 9.17) is 0 Å². The lowest BCUT2D eigenvalue weighted by atomic mass is 10.1. The lowest BCUT2D eigenvalue weighted by molar-refractivity contribution is -0.729. The molecule has 21 heavy (non-hydrogen) atoms. The van der Waals surface area contributed by atoms with Gasteiger partial charge in [0.05, 0.1) is 0 Å². The van der Waals surface area contributed by atoms with Gasteiger partial charge in [-0.25, -0.2) is 9.68 Å². The van der Waals surface area contributed by atoms with Crippen molar-refractivity contribution in [2.24, 2.45) is 0 Å². The second-order valence-electron chi connectivity index (χ2n) is 4.35. The zero-order valence-electron chi connectivity index (χ0n) is 11.5. The van der Waals surface area contributed by atoms with Crippen molar-refractivity contribution in [1.82, 2.24) is 0 Å². The molecular weight excluding hydrogens is 288 g/mol. The second-order valence-corrected chi connectivity index (χ2v) is 4.35. The smallest absolute Gasteiger partial charge is 0.268 e. The Morgan fingerprint density at radius 1 is 0.667 bits per heavy atom. The van der Waals surface area contributed by atoms with Crippen molar-refractivity contribution in [3.05, 3.63) is 20.2 Å². The van der Waals surface area contributed by atoms with Gasteiger partial charge in [0.2, 0.25) is 0 Å². The van der Waals surface area contributed by atoms with Crippen molar-refractivity contribution < 1.29 is 29.4 Å². The van der Waals surface area contributed by atoms with Crippen LogP contribution in [0.3, 0.4) is 0 Å². The molecule has 0 aliphatic carbocycles. The zero-order chi connectivity index (χ0) is 16.1. The van der Waals surface area contributed by atoms with Gasteiger partial charge in [0.25, 0.3) is 0 Å². The fourth-order valence-corrected chi connectivity index (χ4v) is 1.68. The maximum Gasteiger partial charge on any atom is 0.303 e. The molecule has 0 fully saturated rings. The summed E-state index contributed by atoms with van der Waals surface area (Å²) in [5.41, 5.74) is 0. The third-order valence-corrected chi connectivity index (χ3v) is 2.61. The van der Waals surface area contributed by atoms with Crippen LogP contribution in [0.15, 0.2) is 0 Å². The van der Waals surface area contributed by atoms with E-state index in [2.05, 4.69) is 9.68 Å². The highest BCUT2D eigenvalue weighted by molar-refractivity contribution is 5.68. The lowest BCUT2D eigenvalue weighted by Crippen LogP contribution is -2.09. The van der Waals surface area contributed by atoms with Crippen molar-refractivity contribution in [3.63, 3.8) is 0 Å². The van der Waals surface area contributed by atoms with Gasteiger partial charge in [-0.1, -0.05) is 32.1 Å². The molecule has 0 aromatic heterocycles. The number of carbonyl (C=O) groups excluding carboxylic acids is 2. The van der Waals surface area contributed by atoms with Crippen molar-refractivity contribution in [3.8, 4) is 0 Å². The summed E-state index contributed by atoms with van der Waals surface area (Å²) in [6.45, 7) is 0. The minimum Gasteiger partial charge on any atom is -0.268 e. The van der Waals surface area contributed by atoms with E-state index in [0.717, 1.165) is 32.1 Å². The highest BCUT2D eigenvalue weighted by atomic mass is 17.0.